The summed E-state index contributed by atoms with van der Waals surface area (Å²) in [5.41, 5.74) is 0.521. The van der Waals surface area contributed by atoms with Gasteiger partial charge < -0.3 is 4.74 Å². The fraction of sp³-hybridized carbons (Fsp3) is 0.250. The number of ether oxygens (including phenoxy) is 1. The highest BCUT2D eigenvalue weighted by Gasteiger charge is 2.31. The van der Waals surface area contributed by atoms with Gasteiger partial charge in [0, 0.05) is 17.3 Å². The molecule has 160 valence electrons. The third-order valence-electron chi connectivity index (χ3n) is 4.63. The molecule has 0 saturated carbocycles. The van der Waals surface area contributed by atoms with E-state index in [-0.39, 0.29) is 10.6 Å². The topological polar surface area (TPSA) is 73.2 Å². The Labute approximate surface area is 172 Å². The molecule has 0 spiro atoms. The number of rotatable bonds is 6. The quantitative estimate of drug-likeness (QED) is 0.623. The lowest BCUT2D eigenvalue weighted by Gasteiger charge is -2.15. The summed E-state index contributed by atoms with van der Waals surface area (Å²) in [6.07, 6.45) is -3.03. The predicted octanol–water partition coefficient (Wildman–Crippen LogP) is 4.25. The zero-order valence-corrected chi connectivity index (χ0v) is 17.3. The van der Waals surface area contributed by atoms with Crippen LogP contribution in [-0.2, 0) is 16.2 Å². The minimum atomic E-state index is -4.47. The summed E-state index contributed by atoms with van der Waals surface area (Å²) in [6, 6.07) is 10.0. The van der Waals surface area contributed by atoms with Crippen LogP contribution in [0.2, 0.25) is 0 Å². The summed E-state index contributed by atoms with van der Waals surface area (Å²) < 4.78 is 73.2. The highest BCUT2D eigenvalue weighted by molar-refractivity contribution is 7.89. The first-order valence-corrected chi connectivity index (χ1v) is 10.4. The van der Waals surface area contributed by atoms with E-state index >= 15 is 0 Å². The molecule has 0 aliphatic carbocycles. The maximum atomic E-state index is 13.0. The molecule has 0 amide bonds. The molecule has 0 aliphatic heterocycles. The van der Waals surface area contributed by atoms with Gasteiger partial charge in [0.1, 0.15) is 5.75 Å². The van der Waals surface area contributed by atoms with Crippen LogP contribution in [0.1, 0.15) is 29.8 Å². The number of alkyl halides is 3. The second-order valence-electron chi connectivity index (χ2n) is 6.66. The summed E-state index contributed by atoms with van der Waals surface area (Å²) in [7, 11) is -2.34. The minimum absolute atomic E-state index is 0.0677. The van der Waals surface area contributed by atoms with Crippen molar-refractivity contribution in [2.45, 2.75) is 31.0 Å². The van der Waals surface area contributed by atoms with Crippen molar-refractivity contribution in [3.8, 4) is 11.4 Å². The zero-order valence-electron chi connectivity index (χ0n) is 16.4. The molecule has 2 aromatic carbocycles. The first-order valence-electron chi connectivity index (χ1n) is 8.91. The second-order valence-corrected chi connectivity index (χ2v) is 8.38. The van der Waals surface area contributed by atoms with Gasteiger partial charge in [-0.15, -0.1) is 0 Å². The molecular weight excluding hydrogens is 419 g/mol. The van der Waals surface area contributed by atoms with E-state index < -0.39 is 27.8 Å². The third kappa shape index (κ3) is 4.49. The van der Waals surface area contributed by atoms with Crippen LogP contribution in [0.15, 0.2) is 59.6 Å². The van der Waals surface area contributed by atoms with Gasteiger partial charge in [-0.1, -0.05) is 6.07 Å². The number of nitrogens with zero attached hydrogens (tertiary/aromatic N) is 2. The average Bonchev–Trinajstić information content (AvgIpc) is 3.08. The molecule has 1 atom stereocenters. The molecule has 1 N–H and O–H groups in total. The number of hydrogen-bond acceptors (Lipinski definition) is 4. The van der Waals surface area contributed by atoms with Gasteiger partial charge in [-0.05, 0) is 56.3 Å². The van der Waals surface area contributed by atoms with Crippen LogP contribution in [0, 0.1) is 6.92 Å². The van der Waals surface area contributed by atoms with Crippen LogP contribution in [-0.4, -0.2) is 25.3 Å². The van der Waals surface area contributed by atoms with E-state index in [0.717, 1.165) is 12.1 Å². The normalized spacial score (nSPS) is 13.3. The van der Waals surface area contributed by atoms with Gasteiger partial charge in [-0.25, -0.2) is 17.8 Å². The van der Waals surface area contributed by atoms with Crippen LogP contribution in [0.5, 0.6) is 5.75 Å². The van der Waals surface area contributed by atoms with Gasteiger partial charge >= 0.3 is 6.18 Å². The van der Waals surface area contributed by atoms with E-state index in [0.29, 0.717) is 17.0 Å². The molecule has 6 nitrogen and oxygen atoms in total. The lowest BCUT2D eigenvalue weighted by atomic mass is 10.1. The first-order chi connectivity index (χ1) is 14.0. The maximum absolute atomic E-state index is 13.0. The first kappa shape index (κ1) is 21.8. The molecule has 1 aromatic heterocycles. The molecule has 10 heteroatoms. The zero-order chi connectivity index (χ0) is 22.1. The fourth-order valence-corrected chi connectivity index (χ4v) is 4.26. The van der Waals surface area contributed by atoms with Crippen molar-refractivity contribution < 1.29 is 26.3 Å². The second kappa shape index (κ2) is 8.11. The minimum Gasteiger partial charge on any atom is -0.497 e. The summed E-state index contributed by atoms with van der Waals surface area (Å²) in [4.78, 5) is 0.0677. The predicted molar refractivity (Wildman–Crippen MR) is 105 cm³/mol. The van der Waals surface area contributed by atoms with Gasteiger partial charge in [-0.2, -0.15) is 18.3 Å². The Kier molecular flexibility index (Phi) is 5.91. The molecule has 0 bridgehead atoms. The molecule has 0 aliphatic rings. The van der Waals surface area contributed by atoms with Crippen LogP contribution in [0.4, 0.5) is 13.2 Å². The van der Waals surface area contributed by atoms with Gasteiger partial charge in [0.2, 0.25) is 10.0 Å². The Morgan fingerprint density at radius 2 is 1.80 bits per heavy atom. The molecule has 0 radical (unpaired) electrons. The highest BCUT2D eigenvalue weighted by atomic mass is 32.2. The van der Waals surface area contributed by atoms with E-state index in [4.69, 9.17) is 4.74 Å². The number of methoxy groups -OCH3 is 1. The summed E-state index contributed by atoms with van der Waals surface area (Å²) in [5, 5.41) is 4.15. The lowest BCUT2D eigenvalue weighted by Crippen LogP contribution is -2.27. The largest absolute Gasteiger partial charge is 0.497 e. The van der Waals surface area contributed by atoms with Crippen LogP contribution >= 0.6 is 0 Å². The fourth-order valence-electron chi connectivity index (χ4n) is 3.04. The van der Waals surface area contributed by atoms with Gasteiger partial charge in [0.05, 0.1) is 29.5 Å². The third-order valence-corrected chi connectivity index (χ3v) is 6.19. The van der Waals surface area contributed by atoms with Crippen molar-refractivity contribution in [1.29, 1.82) is 0 Å². The summed E-state index contributed by atoms with van der Waals surface area (Å²) >= 11 is 0. The molecule has 0 fully saturated rings. The summed E-state index contributed by atoms with van der Waals surface area (Å²) in [5.74, 6) is 0.528. The molecule has 1 heterocycles. The number of benzene rings is 2. The molecule has 3 aromatic rings. The Morgan fingerprint density at radius 3 is 2.40 bits per heavy atom. The Bertz CT molecular complexity index is 1140. The van der Waals surface area contributed by atoms with E-state index in [9.17, 15) is 21.6 Å². The highest BCUT2D eigenvalue weighted by Crippen LogP contribution is 2.31. The maximum Gasteiger partial charge on any atom is 0.416 e. The van der Waals surface area contributed by atoms with Crippen LogP contribution in [0.3, 0.4) is 0 Å². The van der Waals surface area contributed by atoms with Crippen molar-refractivity contribution in [1.82, 2.24) is 14.5 Å². The van der Waals surface area contributed by atoms with Gasteiger partial charge in [0.25, 0.3) is 0 Å². The van der Waals surface area contributed by atoms with Crippen LogP contribution < -0.4 is 9.46 Å². The van der Waals surface area contributed by atoms with Crippen molar-refractivity contribution in [2.75, 3.05) is 7.11 Å². The standard InChI is InChI=1S/C20H20F3N3O3S/c1-13(25-30(27,28)18-9-7-17(29-3)8-10-18)19-12-24-26(14(19)2)16-6-4-5-15(11-16)20(21,22)23/h4-13,25H,1-3H3/t13-/m1/s1. The van der Waals surface area contributed by atoms with Gasteiger partial charge in [0.15, 0.2) is 0 Å². The van der Waals surface area contributed by atoms with E-state index in [1.165, 1.54) is 54.4 Å². The molecule has 30 heavy (non-hydrogen) atoms. The number of halogens is 3. The Balaban J connectivity index is 1.86. The Morgan fingerprint density at radius 1 is 1.13 bits per heavy atom. The summed E-state index contributed by atoms with van der Waals surface area (Å²) in [6.45, 7) is 3.31. The van der Waals surface area contributed by atoms with E-state index in [1.54, 1.807) is 13.8 Å². The molecular formula is C20H20F3N3O3S. The SMILES string of the molecule is COc1ccc(S(=O)(=O)N[C@H](C)c2cnn(-c3cccc(C(F)(F)F)c3)c2C)cc1. The van der Waals surface area contributed by atoms with Crippen molar-refractivity contribution in [3.63, 3.8) is 0 Å². The van der Waals surface area contributed by atoms with Gasteiger partial charge in [-0.3, -0.25) is 0 Å². The number of hydrogen-bond donors (Lipinski definition) is 1. The van der Waals surface area contributed by atoms with Crippen molar-refractivity contribution in [3.05, 3.63) is 71.5 Å². The number of nitrogens with one attached hydrogen (secondary N) is 1. The van der Waals surface area contributed by atoms with E-state index in [2.05, 4.69) is 9.82 Å². The number of sulfonamides is 1. The average molecular weight is 439 g/mol. The van der Waals surface area contributed by atoms with E-state index in [1.807, 2.05) is 0 Å². The molecule has 3 rings (SSSR count). The smallest absolute Gasteiger partial charge is 0.416 e. The van der Waals surface area contributed by atoms with Crippen molar-refractivity contribution in [2.24, 2.45) is 0 Å². The monoisotopic (exact) mass is 439 g/mol. The molecule has 0 unspecified atom stereocenters. The number of aromatic nitrogens is 2. The Hall–Kier alpha value is -2.85. The van der Waals surface area contributed by atoms with Crippen LogP contribution in [0.25, 0.3) is 5.69 Å². The van der Waals surface area contributed by atoms with Crippen molar-refractivity contribution >= 4 is 10.0 Å². The lowest BCUT2D eigenvalue weighted by molar-refractivity contribution is -0.137. The molecule has 0 saturated heterocycles.